The average Bonchev–Trinajstić information content (AvgIpc) is 2.71. The monoisotopic (exact) mass is 452 g/mol. The summed E-state index contributed by atoms with van der Waals surface area (Å²) in [5, 5.41) is 0. The lowest BCUT2D eigenvalue weighted by Gasteiger charge is -2.57. The molecule has 0 aliphatic heterocycles. The van der Waals surface area contributed by atoms with E-state index in [9.17, 15) is 18.0 Å². The Morgan fingerprint density at radius 3 is 2.31 bits per heavy atom. The number of Topliss-reactive ketones (excluding diaryl/α,β-unsaturated/α-hetero) is 1. The van der Waals surface area contributed by atoms with Crippen molar-refractivity contribution in [1.29, 1.82) is 0 Å². The molecular formula is C25H28N2O4S. The quantitative estimate of drug-likeness (QED) is 0.678. The average molecular weight is 453 g/mol. The third-order valence-electron chi connectivity index (χ3n) is 6.91. The molecule has 0 unspecified atom stereocenters. The maximum Gasteiger partial charge on any atom is 0.264 e. The molecule has 2 aliphatic rings. The standard InChI is InChI=1S/C25H28N2O4S/c1-17-9-11-19(12-10-17)32(30,31)27(16-18-7-5-4-6-8-18)21-15-20-24(2,3)14-13-22(28)25(20,21)23(26)29/h4-12,15,20H,13-14,16H2,1-3H3,(H2,26,29)/t20-,25+/m0/s1. The summed E-state index contributed by atoms with van der Waals surface area (Å²) in [5.74, 6) is -1.52. The third-order valence-corrected chi connectivity index (χ3v) is 8.68. The SMILES string of the molecule is Cc1ccc(S(=O)(=O)N(Cc2ccccc2)C2=C[C@H]3C(C)(C)CCC(=O)[C@]23C(N)=O)cc1. The summed E-state index contributed by atoms with van der Waals surface area (Å²) in [6, 6.07) is 15.7. The maximum atomic E-state index is 13.8. The minimum Gasteiger partial charge on any atom is -0.368 e. The fourth-order valence-corrected chi connectivity index (χ4v) is 6.49. The molecule has 2 atom stereocenters. The highest BCUT2D eigenvalue weighted by Crippen LogP contribution is 2.61. The molecule has 0 heterocycles. The second kappa shape index (κ2) is 7.59. The number of sulfonamides is 1. The number of aryl methyl sites for hydroxylation is 1. The number of carbonyl (C=O) groups excluding carboxylic acids is 2. The van der Waals surface area contributed by atoms with Crippen LogP contribution in [0.5, 0.6) is 0 Å². The Kier molecular flexibility index (Phi) is 5.28. The number of allylic oxidation sites excluding steroid dienone is 1. The van der Waals surface area contributed by atoms with Gasteiger partial charge in [0.25, 0.3) is 10.0 Å². The summed E-state index contributed by atoms with van der Waals surface area (Å²) in [7, 11) is -4.05. The van der Waals surface area contributed by atoms with Crippen molar-refractivity contribution in [2.75, 3.05) is 0 Å². The van der Waals surface area contributed by atoms with Crippen LogP contribution in [-0.4, -0.2) is 24.4 Å². The van der Waals surface area contributed by atoms with E-state index < -0.39 is 27.3 Å². The zero-order chi connectivity index (χ0) is 23.3. The molecule has 6 nitrogen and oxygen atoms in total. The van der Waals surface area contributed by atoms with Crippen LogP contribution in [0.15, 0.2) is 71.3 Å². The number of hydrogen-bond acceptors (Lipinski definition) is 4. The fraction of sp³-hybridized carbons (Fsp3) is 0.360. The van der Waals surface area contributed by atoms with Crippen molar-refractivity contribution < 1.29 is 18.0 Å². The summed E-state index contributed by atoms with van der Waals surface area (Å²) >= 11 is 0. The predicted molar refractivity (Wildman–Crippen MR) is 122 cm³/mol. The van der Waals surface area contributed by atoms with Crippen LogP contribution < -0.4 is 5.73 Å². The highest BCUT2D eigenvalue weighted by atomic mass is 32.2. The van der Waals surface area contributed by atoms with Gasteiger partial charge in [0, 0.05) is 18.0 Å². The number of hydrogen-bond donors (Lipinski definition) is 1. The van der Waals surface area contributed by atoms with E-state index in [2.05, 4.69) is 0 Å². The summed E-state index contributed by atoms with van der Waals surface area (Å²) in [5.41, 5.74) is 5.73. The van der Waals surface area contributed by atoms with Gasteiger partial charge < -0.3 is 5.73 Å². The van der Waals surface area contributed by atoms with Gasteiger partial charge >= 0.3 is 0 Å². The molecule has 0 spiro atoms. The number of primary amides is 1. The third kappa shape index (κ3) is 3.26. The molecule has 2 aromatic rings. The van der Waals surface area contributed by atoms with Crippen LogP contribution in [-0.2, 0) is 26.2 Å². The molecule has 1 amide bonds. The van der Waals surface area contributed by atoms with E-state index in [4.69, 9.17) is 5.73 Å². The van der Waals surface area contributed by atoms with Crippen molar-refractivity contribution in [3.05, 3.63) is 77.5 Å². The summed E-state index contributed by atoms with van der Waals surface area (Å²) in [6.45, 7) is 5.86. The molecule has 0 saturated heterocycles. The van der Waals surface area contributed by atoms with Gasteiger partial charge in [-0.15, -0.1) is 0 Å². The number of fused-ring (bicyclic) bond motifs is 1. The van der Waals surface area contributed by atoms with E-state index in [0.29, 0.717) is 6.42 Å². The van der Waals surface area contributed by atoms with Crippen molar-refractivity contribution in [1.82, 2.24) is 4.31 Å². The maximum absolute atomic E-state index is 13.8. The van der Waals surface area contributed by atoms with Crippen molar-refractivity contribution in [2.45, 2.75) is 45.1 Å². The van der Waals surface area contributed by atoms with Crippen LogP contribution in [0, 0.1) is 23.7 Å². The molecule has 0 aromatic heterocycles. The lowest BCUT2D eigenvalue weighted by Crippen LogP contribution is -2.65. The molecule has 2 aromatic carbocycles. The highest BCUT2D eigenvalue weighted by molar-refractivity contribution is 7.89. The fourth-order valence-electron chi connectivity index (χ4n) is 4.98. The molecule has 0 bridgehead atoms. The first kappa shape index (κ1) is 22.3. The smallest absolute Gasteiger partial charge is 0.264 e. The van der Waals surface area contributed by atoms with Gasteiger partial charge in [-0.05, 0) is 36.5 Å². The second-order valence-corrected chi connectivity index (χ2v) is 11.3. The van der Waals surface area contributed by atoms with Crippen LogP contribution in [0.25, 0.3) is 0 Å². The molecule has 1 fully saturated rings. The van der Waals surface area contributed by atoms with Crippen LogP contribution >= 0.6 is 0 Å². The van der Waals surface area contributed by atoms with Gasteiger partial charge in [0.2, 0.25) is 5.91 Å². The second-order valence-electron chi connectivity index (χ2n) is 9.42. The number of rotatable bonds is 6. The lowest BCUT2D eigenvalue weighted by atomic mass is 9.48. The number of benzene rings is 2. The number of nitrogens with zero attached hydrogens (tertiary/aromatic N) is 1. The van der Waals surface area contributed by atoms with Crippen LogP contribution in [0.4, 0.5) is 0 Å². The zero-order valence-corrected chi connectivity index (χ0v) is 19.4. The first-order valence-electron chi connectivity index (χ1n) is 10.7. The largest absolute Gasteiger partial charge is 0.368 e. The molecule has 168 valence electrons. The van der Waals surface area contributed by atoms with E-state index in [1.807, 2.05) is 51.1 Å². The minimum atomic E-state index is -4.05. The molecule has 2 N–H and O–H groups in total. The number of amides is 1. The van der Waals surface area contributed by atoms with Gasteiger partial charge in [-0.25, -0.2) is 8.42 Å². The molecule has 1 saturated carbocycles. The number of carbonyl (C=O) groups is 2. The van der Waals surface area contributed by atoms with Gasteiger partial charge in [-0.2, -0.15) is 0 Å². The van der Waals surface area contributed by atoms with Crippen molar-refractivity contribution in [3.8, 4) is 0 Å². The van der Waals surface area contributed by atoms with Gasteiger partial charge in [0.1, 0.15) is 0 Å². The van der Waals surface area contributed by atoms with Crippen LogP contribution in [0.2, 0.25) is 0 Å². The Labute approximate surface area is 189 Å². The summed E-state index contributed by atoms with van der Waals surface area (Å²) in [4.78, 5) is 26.2. The van der Waals surface area contributed by atoms with Gasteiger partial charge in [-0.1, -0.05) is 68.0 Å². The van der Waals surface area contributed by atoms with Crippen LogP contribution in [0.3, 0.4) is 0 Å². The summed E-state index contributed by atoms with van der Waals surface area (Å²) in [6.07, 6.45) is 2.57. The molecule has 4 rings (SSSR count). The zero-order valence-electron chi connectivity index (χ0n) is 18.5. The molecular weight excluding hydrogens is 424 g/mol. The Hall–Kier alpha value is -2.93. The lowest BCUT2D eigenvalue weighted by molar-refractivity contribution is -0.151. The van der Waals surface area contributed by atoms with Gasteiger partial charge in [-0.3, -0.25) is 13.9 Å². The van der Waals surface area contributed by atoms with Crippen molar-refractivity contribution in [2.24, 2.45) is 22.5 Å². The first-order valence-corrected chi connectivity index (χ1v) is 12.1. The normalized spacial score (nSPS) is 24.2. The minimum absolute atomic E-state index is 0.00165. The van der Waals surface area contributed by atoms with Gasteiger partial charge in [0.15, 0.2) is 11.2 Å². The van der Waals surface area contributed by atoms with Crippen LogP contribution in [0.1, 0.15) is 37.8 Å². The van der Waals surface area contributed by atoms with E-state index in [1.165, 1.54) is 4.31 Å². The van der Waals surface area contributed by atoms with E-state index in [1.54, 1.807) is 30.3 Å². The van der Waals surface area contributed by atoms with Crippen molar-refractivity contribution >= 4 is 21.7 Å². The topological polar surface area (TPSA) is 97.5 Å². The van der Waals surface area contributed by atoms with E-state index >= 15 is 0 Å². The van der Waals surface area contributed by atoms with E-state index in [-0.39, 0.29) is 34.8 Å². The molecule has 2 aliphatic carbocycles. The molecule has 32 heavy (non-hydrogen) atoms. The predicted octanol–water partition coefficient (Wildman–Crippen LogP) is 3.56. The number of ketones is 1. The molecule has 0 radical (unpaired) electrons. The Bertz CT molecular complexity index is 1200. The van der Waals surface area contributed by atoms with Gasteiger partial charge in [0.05, 0.1) is 11.4 Å². The highest BCUT2D eigenvalue weighted by Gasteiger charge is 2.67. The summed E-state index contributed by atoms with van der Waals surface area (Å²) < 4.78 is 28.8. The Morgan fingerprint density at radius 2 is 1.72 bits per heavy atom. The van der Waals surface area contributed by atoms with E-state index in [0.717, 1.165) is 11.1 Å². The van der Waals surface area contributed by atoms with Crippen molar-refractivity contribution in [3.63, 3.8) is 0 Å². The Balaban J connectivity index is 1.89. The molecule has 7 heteroatoms. The Morgan fingerprint density at radius 1 is 1.09 bits per heavy atom. The number of nitrogens with two attached hydrogens (primary N) is 1. The first-order chi connectivity index (χ1) is 15.0.